The van der Waals surface area contributed by atoms with E-state index in [0.717, 1.165) is 64.2 Å². The second kappa shape index (κ2) is 40.3. The summed E-state index contributed by atoms with van der Waals surface area (Å²) in [5.41, 5.74) is 0. The second-order valence-corrected chi connectivity index (χ2v) is 13.7. The van der Waals surface area contributed by atoms with Crippen LogP contribution in [-0.4, -0.2) is 34.9 Å². The fourth-order valence-corrected chi connectivity index (χ4v) is 5.78. The monoisotopic (exact) mass is 682 g/mol. The Labute approximate surface area is 304 Å². The van der Waals surface area contributed by atoms with Crippen molar-refractivity contribution in [1.29, 1.82) is 0 Å². The summed E-state index contributed by atoms with van der Waals surface area (Å²) >= 11 is 0. The largest absolute Gasteiger partial charge is 0.394 e. The summed E-state index contributed by atoms with van der Waals surface area (Å²) in [5.74, 6) is -0.0758. The molecule has 49 heavy (non-hydrogen) atoms. The summed E-state index contributed by atoms with van der Waals surface area (Å²) in [4.78, 5) is 12.2. The molecule has 0 heterocycles. The van der Waals surface area contributed by atoms with Crippen molar-refractivity contribution in [2.24, 2.45) is 0 Å². The number of amides is 1. The molecule has 0 aromatic heterocycles. The molecule has 0 aromatic rings. The molecule has 0 aliphatic carbocycles. The van der Waals surface area contributed by atoms with Gasteiger partial charge in [0.25, 0.3) is 0 Å². The Bertz CT molecular complexity index is 868. The molecule has 4 heteroatoms. The number of hydrogen-bond donors (Lipinski definition) is 3. The first-order chi connectivity index (χ1) is 24.2. The van der Waals surface area contributed by atoms with Gasteiger partial charge in [-0.25, -0.2) is 0 Å². The Hall–Kier alpha value is -2.17. The minimum absolute atomic E-state index is 0.0758. The third-order valence-corrected chi connectivity index (χ3v) is 8.95. The standard InChI is InChI=1S/C45H79NO3/c1-3-5-7-9-10-11-12-13-14-15-16-17-18-19-20-21-22-23-24-25-26-27-28-29-30-31-32-33-34-35-36-37-39-41-45(49)46-43(42-47)44(48)40-38-8-6-4-2/h5,7,10-11,13-14,16-17,19-20,38,40,43-44,47-48H,3-4,6,8-9,12,15,18,21-37,39,41-42H2,1-2H3,(H,46,49)/b7-5-,11-10-,14-13-,17-16-,20-19-,40-38+. The number of nitrogens with one attached hydrogen (secondary N) is 1. The van der Waals surface area contributed by atoms with Gasteiger partial charge in [0.05, 0.1) is 18.8 Å². The van der Waals surface area contributed by atoms with Crippen LogP contribution in [0.1, 0.15) is 187 Å². The zero-order valence-electron chi connectivity index (χ0n) is 32.2. The molecule has 0 bridgehead atoms. The lowest BCUT2D eigenvalue weighted by Crippen LogP contribution is -2.45. The highest BCUT2D eigenvalue weighted by Crippen LogP contribution is 2.15. The molecule has 0 aliphatic rings. The van der Waals surface area contributed by atoms with Crippen molar-refractivity contribution < 1.29 is 15.0 Å². The summed E-state index contributed by atoms with van der Waals surface area (Å²) in [7, 11) is 0. The van der Waals surface area contributed by atoms with E-state index in [9.17, 15) is 15.0 Å². The van der Waals surface area contributed by atoms with Crippen LogP contribution < -0.4 is 5.32 Å². The van der Waals surface area contributed by atoms with Crippen LogP contribution in [0.5, 0.6) is 0 Å². The van der Waals surface area contributed by atoms with E-state index < -0.39 is 12.1 Å². The number of aliphatic hydroxyl groups is 2. The molecule has 0 rings (SSSR count). The van der Waals surface area contributed by atoms with E-state index in [0.29, 0.717) is 6.42 Å². The predicted octanol–water partition coefficient (Wildman–Crippen LogP) is 12.7. The van der Waals surface area contributed by atoms with Gasteiger partial charge in [-0.3, -0.25) is 4.79 Å². The molecular weight excluding hydrogens is 602 g/mol. The Kier molecular flexibility index (Phi) is 38.5. The van der Waals surface area contributed by atoms with E-state index in [1.54, 1.807) is 6.08 Å². The predicted molar refractivity (Wildman–Crippen MR) is 216 cm³/mol. The maximum atomic E-state index is 12.2. The van der Waals surface area contributed by atoms with Gasteiger partial charge in [-0.15, -0.1) is 0 Å². The Balaban J connectivity index is 3.41. The number of allylic oxidation sites excluding steroid dienone is 11. The van der Waals surface area contributed by atoms with Gasteiger partial charge in [0.15, 0.2) is 0 Å². The smallest absolute Gasteiger partial charge is 0.220 e. The van der Waals surface area contributed by atoms with Crippen molar-refractivity contribution in [2.75, 3.05) is 6.61 Å². The topological polar surface area (TPSA) is 69.6 Å². The van der Waals surface area contributed by atoms with Gasteiger partial charge in [-0.2, -0.15) is 0 Å². The molecule has 0 saturated carbocycles. The van der Waals surface area contributed by atoms with Crippen LogP contribution in [0.25, 0.3) is 0 Å². The van der Waals surface area contributed by atoms with Crippen LogP contribution >= 0.6 is 0 Å². The Morgan fingerprint density at radius 2 is 0.898 bits per heavy atom. The molecular formula is C45H79NO3. The summed E-state index contributed by atoms with van der Waals surface area (Å²) in [6, 6.07) is -0.619. The van der Waals surface area contributed by atoms with Crippen LogP contribution in [0.2, 0.25) is 0 Å². The second-order valence-electron chi connectivity index (χ2n) is 13.7. The third-order valence-electron chi connectivity index (χ3n) is 8.95. The van der Waals surface area contributed by atoms with Gasteiger partial charge in [-0.1, -0.05) is 196 Å². The first kappa shape index (κ1) is 46.8. The van der Waals surface area contributed by atoms with Gasteiger partial charge in [0.2, 0.25) is 5.91 Å². The van der Waals surface area contributed by atoms with Crippen molar-refractivity contribution in [3.8, 4) is 0 Å². The number of rotatable bonds is 36. The minimum atomic E-state index is -0.835. The number of hydrogen-bond acceptors (Lipinski definition) is 3. The summed E-state index contributed by atoms with van der Waals surface area (Å²) in [6.07, 6.45) is 57.8. The SMILES string of the molecule is CC/C=C\C/C=C\C/C=C\C/C=C\C/C=C\CCCCCCCCCCCCCCCCCCCC(=O)NC(CO)C(O)/C=C/CCCC. The fraction of sp³-hybridized carbons (Fsp3) is 0.711. The first-order valence-electron chi connectivity index (χ1n) is 20.7. The zero-order chi connectivity index (χ0) is 35.7. The van der Waals surface area contributed by atoms with E-state index >= 15 is 0 Å². The van der Waals surface area contributed by atoms with Crippen molar-refractivity contribution in [3.63, 3.8) is 0 Å². The van der Waals surface area contributed by atoms with E-state index in [1.165, 1.54) is 103 Å². The van der Waals surface area contributed by atoms with E-state index in [-0.39, 0.29) is 12.5 Å². The summed E-state index contributed by atoms with van der Waals surface area (Å²) in [6.45, 7) is 4.05. The molecule has 0 spiro atoms. The molecule has 2 atom stereocenters. The normalized spacial score (nSPS) is 13.8. The molecule has 0 aliphatic heterocycles. The van der Waals surface area contributed by atoms with E-state index in [4.69, 9.17) is 0 Å². The highest BCUT2D eigenvalue weighted by atomic mass is 16.3. The maximum Gasteiger partial charge on any atom is 0.220 e. The van der Waals surface area contributed by atoms with Gasteiger partial charge in [-0.05, 0) is 57.8 Å². The average molecular weight is 682 g/mol. The van der Waals surface area contributed by atoms with Crippen LogP contribution in [0.3, 0.4) is 0 Å². The molecule has 282 valence electrons. The quantitative estimate of drug-likeness (QED) is 0.0455. The van der Waals surface area contributed by atoms with Crippen LogP contribution in [0, 0.1) is 0 Å². The molecule has 0 fully saturated rings. The third kappa shape index (κ3) is 36.9. The number of unbranched alkanes of at least 4 members (excludes halogenated alkanes) is 19. The van der Waals surface area contributed by atoms with Crippen molar-refractivity contribution in [2.45, 2.75) is 199 Å². The van der Waals surface area contributed by atoms with Crippen molar-refractivity contribution in [1.82, 2.24) is 5.32 Å². The highest BCUT2D eigenvalue weighted by Gasteiger charge is 2.17. The maximum absolute atomic E-state index is 12.2. The molecule has 4 nitrogen and oxygen atoms in total. The van der Waals surface area contributed by atoms with Gasteiger partial charge >= 0.3 is 0 Å². The van der Waals surface area contributed by atoms with E-state index in [2.05, 4.69) is 79.9 Å². The average Bonchev–Trinajstić information content (AvgIpc) is 3.11. The molecule has 3 N–H and O–H groups in total. The van der Waals surface area contributed by atoms with Crippen molar-refractivity contribution >= 4 is 5.91 Å². The fourth-order valence-electron chi connectivity index (χ4n) is 5.78. The van der Waals surface area contributed by atoms with Gasteiger partial charge < -0.3 is 15.5 Å². The summed E-state index contributed by atoms with van der Waals surface area (Å²) in [5, 5.41) is 22.5. The number of carbonyl (C=O) groups excluding carboxylic acids is 1. The zero-order valence-corrected chi connectivity index (χ0v) is 32.2. The van der Waals surface area contributed by atoms with Crippen LogP contribution in [-0.2, 0) is 4.79 Å². The molecule has 2 unspecified atom stereocenters. The van der Waals surface area contributed by atoms with Gasteiger partial charge in [0, 0.05) is 6.42 Å². The molecule has 0 saturated heterocycles. The Morgan fingerprint density at radius 1 is 0.510 bits per heavy atom. The molecule has 1 amide bonds. The highest BCUT2D eigenvalue weighted by molar-refractivity contribution is 5.76. The van der Waals surface area contributed by atoms with Gasteiger partial charge in [0.1, 0.15) is 0 Å². The first-order valence-corrected chi connectivity index (χ1v) is 20.7. The lowest BCUT2D eigenvalue weighted by atomic mass is 10.0. The van der Waals surface area contributed by atoms with Crippen molar-refractivity contribution in [3.05, 3.63) is 72.9 Å². The minimum Gasteiger partial charge on any atom is -0.394 e. The Morgan fingerprint density at radius 3 is 1.33 bits per heavy atom. The van der Waals surface area contributed by atoms with Crippen LogP contribution in [0.4, 0.5) is 0 Å². The molecule has 0 radical (unpaired) electrons. The van der Waals surface area contributed by atoms with E-state index in [1.807, 2.05) is 6.08 Å². The number of carbonyl (C=O) groups is 1. The summed E-state index contributed by atoms with van der Waals surface area (Å²) < 4.78 is 0. The lowest BCUT2D eigenvalue weighted by Gasteiger charge is -2.19. The molecule has 0 aromatic carbocycles. The number of aliphatic hydroxyl groups excluding tert-OH is 2. The van der Waals surface area contributed by atoms with Crippen LogP contribution in [0.15, 0.2) is 72.9 Å². The lowest BCUT2D eigenvalue weighted by molar-refractivity contribution is -0.123.